The maximum absolute atomic E-state index is 12.5. The number of hydrogen-bond acceptors (Lipinski definition) is 5. The monoisotopic (exact) mass is 406 g/mol. The third-order valence-corrected chi connectivity index (χ3v) is 6.58. The van der Waals surface area contributed by atoms with Crippen molar-refractivity contribution in [2.75, 3.05) is 0 Å². The molecule has 1 heterocycles. The van der Waals surface area contributed by atoms with Crippen LogP contribution in [0.5, 0.6) is 0 Å². The van der Waals surface area contributed by atoms with Crippen LogP contribution < -0.4 is 4.72 Å². The predicted octanol–water partition coefficient (Wildman–Crippen LogP) is 2.71. The molecule has 10 heteroatoms. The molecule has 25 heavy (non-hydrogen) atoms. The minimum absolute atomic E-state index is 0.213. The molecule has 0 radical (unpaired) electrons. The van der Waals surface area contributed by atoms with E-state index in [4.69, 9.17) is 23.2 Å². The summed E-state index contributed by atoms with van der Waals surface area (Å²) >= 11 is 12.1. The molecular weight excluding hydrogens is 387 g/mol. The molecule has 1 aromatic heterocycles. The number of rotatable bonds is 7. The standard InChI is InChI=1S/C15H20Cl2N4O3S/c1-4-10(2)25(23,24)20-14(21-9-18-8-19-21)15(3,22)12-6-5-11(16)7-13(12)17/h5-10,14,20,22H,4H2,1-3H3. The Balaban J connectivity index is 2.52. The molecule has 1 aromatic carbocycles. The average Bonchev–Trinajstić information content (AvgIpc) is 3.05. The van der Waals surface area contributed by atoms with Crippen LogP contribution in [-0.4, -0.2) is 33.5 Å². The van der Waals surface area contributed by atoms with Crippen LogP contribution in [0, 0.1) is 0 Å². The van der Waals surface area contributed by atoms with E-state index in [1.54, 1.807) is 26.0 Å². The van der Waals surface area contributed by atoms with Gasteiger partial charge >= 0.3 is 0 Å². The van der Waals surface area contributed by atoms with Crippen LogP contribution in [0.3, 0.4) is 0 Å². The van der Waals surface area contributed by atoms with E-state index in [-0.39, 0.29) is 5.02 Å². The van der Waals surface area contributed by atoms with Gasteiger partial charge in [-0.05, 0) is 32.4 Å². The molecule has 3 atom stereocenters. The summed E-state index contributed by atoms with van der Waals surface area (Å²) in [6.07, 6.45) is 1.85. The van der Waals surface area contributed by atoms with Gasteiger partial charge in [-0.25, -0.2) is 18.1 Å². The predicted molar refractivity (Wildman–Crippen MR) is 96.9 cm³/mol. The molecule has 2 rings (SSSR count). The first kappa shape index (κ1) is 20.1. The molecule has 0 bridgehead atoms. The summed E-state index contributed by atoms with van der Waals surface area (Å²) in [4.78, 5) is 3.83. The number of nitrogens with zero attached hydrogens (tertiary/aromatic N) is 3. The van der Waals surface area contributed by atoms with Gasteiger partial charge < -0.3 is 5.11 Å². The van der Waals surface area contributed by atoms with Gasteiger partial charge in [0.1, 0.15) is 24.4 Å². The van der Waals surface area contributed by atoms with E-state index in [2.05, 4.69) is 14.8 Å². The minimum Gasteiger partial charge on any atom is -0.382 e. The van der Waals surface area contributed by atoms with Crippen molar-refractivity contribution in [1.82, 2.24) is 19.5 Å². The van der Waals surface area contributed by atoms with E-state index in [9.17, 15) is 13.5 Å². The molecule has 0 aliphatic heterocycles. The average molecular weight is 407 g/mol. The van der Waals surface area contributed by atoms with Crippen LogP contribution in [0.25, 0.3) is 0 Å². The molecule has 0 saturated carbocycles. The Morgan fingerprint density at radius 1 is 1.40 bits per heavy atom. The number of aliphatic hydroxyl groups is 1. The second-order valence-electron chi connectivity index (χ2n) is 5.93. The van der Waals surface area contributed by atoms with Crippen molar-refractivity contribution < 1.29 is 13.5 Å². The second kappa shape index (κ2) is 7.59. The van der Waals surface area contributed by atoms with E-state index in [0.717, 1.165) is 0 Å². The van der Waals surface area contributed by atoms with Gasteiger partial charge in [-0.15, -0.1) is 0 Å². The molecule has 0 saturated heterocycles. The number of sulfonamides is 1. The molecule has 0 spiro atoms. The Labute approximate surface area is 157 Å². The molecular formula is C15H20Cl2N4O3S. The molecule has 7 nitrogen and oxygen atoms in total. The van der Waals surface area contributed by atoms with E-state index in [0.29, 0.717) is 17.0 Å². The van der Waals surface area contributed by atoms with E-state index < -0.39 is 27.0 Å². The van der Waals surface area contributed by atoms with Crippen LogP contribution in [0.4, 0.5) is 0 Å². The maximum Gasteiger partial charge on any atom is 0.216 e. The zero-order valence-corrected chi connectivity index (χ0v) is 16.3. The smallest absolute Gasteiger partial charge is 0.216 e. The Kier molecular flexibility index (Phi) is 6.11. The molecule has 0 fully saturated rings. The van der Waals surface area contributed by atoms with Crippen molar-refractivity contribution in [2.24, 2.45) is 0 Å². The number of nitrogens with one attached hydrogen (secondary N) is 1. The van der Waals surface area contributed by atoms with Crippen LogP contribution in [0.2, 0.25) is 10.0 Å². The maximum atomic E-state index is 12.5. The van der Waals surface area contributed by atoms with Crippen molar-refractivity contribution in [3.05, 3.63) is 46.5 Å². The lowest BCUT2D eigenvalue weighted by Gasteiger charge is -2.34. The molecule has 0 amide bonds. The first-order chi connectivity index (χ1) is 11.6. The fourth-order valence-electron chi connectivity index (χ4n) is 2.32. The van der Waals surface area contributed by atoms with Crippen LogP contribution in [0.15, 0.2) is 30.9 Å². The fourth-order valence-corrected chi connectivity index (χ4v) is 4.24. The Bertz CT molecular complexity index is 825. The molecule has 2 aromatic rings. The van der Waals surface area contributed by atoms with E-state index >= 15 is 0 Å². The summed E-state index contributed by atoms with van der Waals surface area (Å²) < 4.78 is 28.9. The highest BCUT2D eigenvalue weighted by molar-refractivity contribution is 7.90. The van der Waals surface area contributed by atoms with Gasteiger partial charge in [0.05, 0.1) is 5.25 Å². The third kappa shape index (κ3) is 4.32. The minimum atomic E-state index is -3.72. The summed E-state index contributed by atoms with van der Waals surface area (Å²) in [5.41, 5.74) is -1.40. The zero-order valence-electron chi connectivity index (χ0n) is 14.0. The molecule has 0 aliphatic carbocycles. The van der Waals surface area contributed by atoms with Crippen molar-refractivity contribution in [1.29, 1.82) is 0 Å². The van der Waals surface area contributed by atoms with Crippen molar-refractivity contribution in [3.63, 3.8) is 0 Å². The second-order valence-corrected chi connectivity index (χ2v) is 8.91. The lowest BCUT2D eigenvalue weighted by Crippen LogP contribution is -2.48. The summed E-state index contributed by atoms with van der Waals surface area (Å²) in [6.45, 7) is 4.81. The van der Waals surface area contributed by atoms with Gasteiger partial charge in [0.25, 0.3) is 0 Å². The van der Waals surface area contributed by atoms with E-state index in [1.165, 1.54) is 30.3 Å². The number of hydrogen-bond donors (Lipinski definition) is 2. The molecule has 0 aliphatic rings. The van der Waals surface area contributed by atoms with Crippen molar-refractivity contribution in [2.45, 2.75) is 44.2 Å². The zero-order chi connectivity index (χ0) is 18.8. The Morgan fingerprint density at radius 2 is 2.08 bits per heavy atom. The molecule has 138 valence electrons. The van der Waals surface area contributed by atoms with Crippen LogP contribution >= 0.6 is 23.2 Å². The normalized spacial score (nSPS) is 17.0. The van der Waals surface area contributed by atoms with Crippen molar-refractivity contribution in [3.8, 4) is 0 Å². The number of halogens is 2. The Hall–Kier alpha value is -1.19. The topological polar surface area (TPSA) is 97.1 Å². The van der Waals surface area contributed by atoms with Gasteiger partial charge in [-0.2, -0.15) is 9.82 Å². The Morgan fingerprint density at radius 3 is 2.60 bits per heavy atom. The highest BCUT2D eigenvalue weighted by Crippen LogP contribution is 2.37. The molecule has 2 N–H and O–H groups in total. The number of aromatic nitrogens is 3. The summed E-state index contributed by atoms with van der Waals surface area (Å²) in [5.74, 6) is 0. The van der Waals surface area contributed by atoms with Gasteiger partial charge in [-0.1, -0.05) is 36.2 Å². The van der Waals surface area contributed by atoms with Gasteiger partial charge in [-0.3, -0.25) is 0 Å². The lowest BCUT2D eigenvalue weighted by atomic mass is 9.93. The summed E-state index contributed by atoms with van der Waals surface area (Å²) in [5, 5.41) is 15.1. The van der Waals surface area contributed by atoms with Gasteiger partial charge in [0, 0.05) is 15.6 Å². The highest BCUT2D eigenvalue weighted by atomic mass is 35.5. The van der Waals surface area contributed by atoms with E-state index in [1.807, 2.05) is 0 Å². The van der Waals surface area contributed by atoms with Gasteiger partial charge in [0.2, 0.25) is 10.0 Å². The van der Waals surface area contributed by atoms with Crippen LogP contribution in [0.1, 0.15) is 38.9 Å². The summed E-state index contributed by atoms with van der Waals surface area (Å²) in [7, 11) is -3.72. The first-order valence-corrected chi connectivity index (χ1v) is 9.93. The van der Waals surface area contributed by atoms with Crippen molar-refractivity contribution >= 4 is 33.2 Å². The quantitative estimate of drug-likeness (QED) is 0.736. The lowest BCUT2D eigenvalue weighted by molar-refractivity contribution is -0.00968. The first-order valence-electron chi connectivity index (χ1n) is 7.62. The summed E-state index contributed by atoms with van der Waals surface area (Å²) in [6, 6.07) is 4.60. The highest BCUT2D eigenvalue weighted by Gasteiger charge is 2.40. The van der Waals surface area contributed by atoms with Crippen LogP contribution in [-0.2, 0) is 15.6 Å². The van der Waals surface area contributed by atoms with Gasteiger partial charge in [0.15, 0.2) is 0 Å². The number of benzene rings is 1. The molecule has 3 unspecified atom stereocenters. The SMILES string of the molecule is CCC(C)S(=O)(=O)NC(n1cncn1)C(C)(O)c1ccc(Cl)cc1Cl. The fraction of sp³-hybridized carbons (Fsp3) is 0.467. The largest absolute Gasteiger partial charge is 0.382 e. The third-order valence-electron chi connectivity index (χ3n) is 4.09.